The molecule has 7 heteroatoms. The molecule has 1 aliphatic rings. The quantitative estimate of drug-likeness (QED) is 0.678. The van der Waals surface area contributed by atoms with Crippen LogP contribution in [0.2, 0.25) is 0 Å². The van der Waals surface area contributed by atoms with Crippen LogP contribution in [0, 0.1) is 0 Å². The second-order valence-electron chi connectivity index (χ2n) is 6.17. The molecule has 0 saturated carbocycles. The van der Waals surface area contributed by atoms with Gasteiger partial charge < -0.3 is 13.7 Å². The van der Waals surface area contributed by atoms with Crippen molar-refractivity contribution in [1.29, 1.82) is 0 Å². The third kappa shape index (κ3) is 3.40. The van der Waals surface area contributed by atoms with Crippen LogP contribution in [0.3, 0.4) is 0 Å². The highest BCUT2D eigenvalue weighted by Crippen LogP contribution is 2.31. The van der Waals surface area contributed by atoms with E-state index in [0.29, 0.717) is 18.8 Å². The molecule has 26 heavy (non-hydrogen) atoms. The maximum atomic E-state index is 12.7. The number of ether oxygens (including phenoxy) is 1. The van der Waals surface area contributed by atoms with Gasteiger partial charge in [-0.15, -0.1) is 0 Å². The highest BCUT2D eigenvalue weighted by atomic mass is 19.4. The lowest BCUT2D eigenvalue weighted by molar-refractivity contribution is -0.137. The van der Waals surface area contributed by atoms with Gasteiger partial charge in [-0.1, -0.05) is 0 Å². The van der Waals surface area contributed by atoms with Gasteiger partial charge in [0.05, 0.1) is 25.0 Å². The first-order valence-corrected chi connectivity index (χ1v) is 8.24. The molecule has 1 saturated heterocycles. The Morgan fingerprint density at radius 2 is 1.88 bits per heavy atom. The Kier molecular flexibility index (Phi) is 4.34. The van der Waals surface area contributed by atoms with E-state index in [0.717, 1.165) is 30.0 Å². The van der Waals surface area contributed by atoms with Gasteiger partial charge in [0.2, 0.25) is 0 Å². The van der Waals surface area contributed by atoms with Gasteiger partial charge in [-0.05, 0) is 42.5 Å². The van der Waals surface area contributed by atoms with Crippen LogP contribution in [-0.2, 0) is 17.5 Å². The molecule has 0 unspecified atom stereocenters. The molecule has 1 atom stereocenters. The van der Waals surface area contributed by atoms with Gasteiger partial charge >= 0.3 is 6.18 Å². The van der Waals surface area contributed by atoms with E-state index in [1.54, 1.807) is 10.8 Å². The average Bonchev–Trinajstić information content (AvgIpc) is 3.36. The zero-order chi connectivity index (χ0) is 18.1. The maximum absolute atomic E-state index is 12.7. The normalized spacial score (nSPS) is 18.5. The molecular formula is C19H17F3N2O2. The fourth-order valence-electron chi connectivity index (χ4n) is 3.12. The molecule has 1 aromatic carbocycles. The van der Waals surface area contributed by atoms with E-state index in [1.165, 1.54) is 12.1 Å². The fraction of sp³-hybridized carbons (Fsp3) is 0.263. The number of hydrogen-bond acceptors (Lipinski definition) is 3. The Bertz CT molecular complexity index is 854. The molecule has 0 radical (unpaired) electrons. The number of benzene rings is 1. The number of rotatable bonds is 4. The highest BCUT2D eigenvalue weighted by Gasteiger charge is 2.30. The molecule has 3 aromatic rings. The molecule has 0 bridgehead atoms. The summed E-state index contributed by atoms with van der Waals surface area (Å²) >= 11 is 0. The first-order chi connectivity index (χ1) is 12.5. The van der Waals surface area contributed by atoms with Crippen molar-refractivity contribution in [2.75, 3.05) is 13.2 Å². The molecule has 2 aromatic heterocycles. The third-order valence-electron chi connectivity index (χ3n) is 4.42. The zero-order valence-electron chi connectivity index (χ0n) is 13.8. The summed E-state index contributed by atoms with van der Waals surface area (Å²) in [5, 5.41) is 0. The number of furan rings is 1. The minimum atomic E-state index is -4.33. The monoisotopic (exact) mass is 362 g/mol. The van der Waals surface area contributed by atoms with Gasteiger partial charge in [0.1, 0.15) is 12.0 Å². The summed E-state index contributed by atoms with van der Waals surface area (Å²) in [7, 11) is 0. The molecule has 136 valence electrons. The summed E-state index contributed by atoms with van der Waals surface area (Å²) in [5.41, 5.74) is 0.964. The van der Waals surface area contributed by atoms with Crippen LogP contribution in [0.25, 0.3) is 5.69 Å². The van der Waals surface area contributed by atoms with Crippen LogP contribution in [0.4, 0.5) is 13.2 Å². The summed E-state index contributed by atoms with van der Waals surface area (Å²) in [6.45, 7) is 2.05. The number of alkyl halides is 3. The fourth-order valence-corrected chi connectivity index (χ4v) is 3.12. The van der Waals surface area contributed by atoms with Crippen LogP contribution < -0.4 is 0 Å². The summed E-state index contributed by atoms with van der Waals surface area (Å²) in [6, 6.07) is 10.8. The van der Waals surface area contributed by atoms with Gasteiger partial charge in [-0.2, -0.15) is 13.2 Å². The van der Waals surface area contributed by atoms with E-state index in [9.17, 15) is 13.2 Å². The Hall–Kier alpha value is -2.51. The molecule has 0 N–H and O–H groups in total. The second-order valence-corrected chi connectivity index (χ2v) is 6.17. The van der Waals surface area contributed by atoms with Gasteiger partial charge in [0.25, 0.3) is 0 Å². The first-order valence-electron chi connectivity index (χ1n) is 8.24. The lowest BCUT2D eigenvalue weighted by atomic mass is 10.2. The molecule has 4 nitrogen and oxygen atoms in total. The van der Waals surface area contributed by atoms with Crippen molar-refractivity contribution in [3.8, 4) is 5.69 Å². The SMILES string of the molecule is FC(F)(F)c1ccc(-n2ccc([C@@H]3OCCN3Cc3ccco3)c2)cc1. The summed E-state index contributed by atoms with van der Waals surface area (Å²) in [4.78, 5) is 2.16. The van der Waals surface area contributed by atoms with Crippen LogP contribution in [0.5, 0.6) is 0 Å². The molecule has 0 aliphatic carbocycles. The smallest absolute Gasteiger partial charge is 0.416 e. The number of hydrogen-bond donors (Lipinski definition) is 0. The molecule has 1 aliphatic heterocycles. The van der Waals surface area contributed by atoms with Gasteiger partial charge in [-0.3, -0.25) is 4.90 Å². The minimum absolute atomic E-state index is 0.198. The second kappa shape index (κ2) is 6.66. The van der Waals surface area contributed by atoms with Crippen molar-refractivity contribution in [3.63, 3.8) is 0 Å². The van der Waals surface area contributed by atoms with Crippen LogP contribution in [0.15, 0.2) is 65.5 Å². The third-order valence-corrected chi connectivity index (χ3v) is 4.42. The van der Waals surface area contributed by atoms with Gasteiger partial charge in [0, 0.05) is 30.2 Å². The van der Waals surface area contributed by atoms with Crippen LogP contribution in [0.1, 0.15) is 23.1 Å². The molecule has 4 rings (SSSR count). The van der Waals surface area contributed by atoms with Crippen molar-refractivity contribution in [3.05, 3.63) is 78.0 Å². The average molecular weight is 362 g/mol. The van der Waals surface area contributed by atoms with E-state index in [4.69, 9.17) is 9.15 Å². The molecule has 0 spiro atoms. The predicted octanol–water partition coefficient (Wildman–Crippen LogP) is 4.62. The van der Waals surface area contributed by atoms with E-state index >= 15 is 0 Å². The van der Waals surface area contributed by atoms with Crippen molar-refractivity contribution in [2.45, 2.75) is 18.9 Å². The molecule has 0 amide bonds. The topological polar surface area (TPSA) is 30.5 Å². The van der Waals surface area contributed by atoms with E-state index in [-0.39, 0.29) is 6.23 Å². The number of nitrogens with zero attached hydrogens (tertiary/aromatic N) is 2. The molecular weight excluding hydrogens is 345 g/mol. The maximum Gasteiger partial charge on any atom is 0.416 e. The standard InChI is InChI=1S/C19H17F3N2O2/c20-19(21,22)15-3-5-16(6-4-15)23-8-7-14(12-23)18-24(9-11-26-18)13-17-2-1-10-25-17/h1-8,10,12,18H,9,11,13H2/t18-/m0/s1. The molecule has 3 heterocycles. The lowest BCUT2D eigenvalue weighted by Crippen LogP contribution is -2.22. The predicted molar refractivity (Wildman–Crippen MR) is 88.6 cm³/mol. The van der Waals surface area contributed by atoms with Crippen molar-refractivity contribution < 1.29 is 22.3 Å². The summed E-state index contributed by atoms with van der Waals surface area (Å²) in [5.74, 6) is 0.864. The number of halogens is 3. The number of aromatic nitrogens is 1. The van der Waals surface area contributed by atoms with Gasteiger partial charge in [0.15, 0.2) is 0 Å². The van der Waals surface area contributed by atoms with Crippen molar-refractivity contribution in [1.82, 2.24) is 9.47 Å². The Morgan fingerprint density at radius 1 is 1.08 bits per heavy atom. The van der Waals surface area contributed by atoms with Gasteiger partial charge in [-0.25, -0.2) is 0 Å². The van der Waals surface area contributed by atoms with E-state index in [2.05, 4.69) is 4.90 Å². The van der Waals surface area contributed by atoms with Crippen LogP contribution in [-0.4, -0.2) is 22.6 Å². The largest absolute Gasteiger partial charge is 0.468 e. The Balaban J connectivity index is 1.52. The van der Waals surface area contributed by atoms with Crippen LogP contribution >= 0.6 is 0 Å². The van der Waals surface area contributed by atoms with E-state index in [1.807, 2.05) is 30.6 Å². The first kappa shape index (κ1) is 16.9. The minimum Gasteiger partial charge on any atom is -0.468 e. The Morgan fingerprint density at radius 3 is 2.58 bits per heavy atom. The summed E-state index contributed by atoms with van der Waals surface area (Å²) < 4.78 is 51.1. The lowest BCUT2D eigenvalue weighted by Gasteiger charge is -2.21. The molecule has 1 fully saturated rings. The Labute approximate surface area is 148 Å². The van der Waals surface area contributed by atoms with E-state index < -0.39 is 11.7 Å². The summed E-state index contributed by atoms with van der Waals surface area (Å²) in [6.07, 6.45) is 0.821. The van der Waals surface area contributed by atoms with Crippen molar-refractivity contribution >= 4 is 0 Å². The zero-order valence-corrected chi connectivity index (χ0v) is 13.8. The highest BCUT2D eigenvalue weighted by molar-refractivity contribution is 5.37. The van der Waals surface area contributed by atoms with Crippen molar-refractivity contribution in [2.24, 2.45) is 0 Å².